The summed E-state index contributed by atoms with van der Waals surface area (Å²) in [7, 11) is 1.69. The average molecular weight is 270 g/mol. The zero-order valence-corrected chi connectivity index (χ0v) is 12.3. The molecule has 1 heterocycles. The highest BCUT2D eigenvalue weighted by Gasteiger charge is 2.38. The van der Waals surface area contributed by atoms with Crippen LogP contribution in [0.5, 0.6) is 0 Å². The van der Waals surface area contributed by atoms with Gasteiger partial charge >= 0.3 is 0 Å². The number of piperazine rings is 1. The van der Waals surface area contributed by atoms with Gasteiger partial charge in [0.25, 0.3) is 0 Å². The largest absolute Gasteiger partial charge is 0.385 e. The summed E-state index contributed by atoms with van der Waals surface area (Å²) in [4.78, 5) is 26.0. The molecule has 0 aromatic heterocycles. The summed E-state index contributed by atoms with van der Waals surface area (Å²) in [5, 5.41) is 2.81. The van der Waals surface area contributed by atoms with Gasteiger partial charge in [-0.15, -0.1) is 0 Å². The topological polar surface area (TPSA) is 58.6 Å². The fourth-order valence-corrected chi connectivity index (χ4v) is 2.48. The van der Waals surface area contributed by atoms with Crippen LogP contribution in [0.4, 0.5) is 0 Å². The van der Waals surface area contributed by atoms with Crippen LogP contribution in [0, 0.1) is 0 Å². The fourth-order valence-electron chi connectivity index (χ4n) is 2.48. The monoisotopic (exact) mass is 270 g/mol. The average Bonchev–Trinajstić information content (AvgIpc) is 2.41. The van der Waals surface area contributed by atoms with Gasteiger partial charge < -0.3 is 15.0 Å². The van der Waals surface area contributed by atoms with Gasteiger partial charge in [0, 0.05) is 20.3 Å². The lowest BCUT2D eigenvalue weighted by Gasteiger charge is -2.38. The maximum absolute atomic E-state index is 12.3. The van der Waals surface area contributed by atoms with Gasteiger partial charge in [-0.25, -0.2) is 0 Å². The molecule has 1 saturated heterocycles. The summed E-state index contributed by atoms with van der Waals surface area (Å²) in [5.41, 5.74) is 0. The first-order valence-corrected chi connectivity index (χ1v) is 7.25. The van der Waals surface area contributed by atoms with Gasteiger partial charge in [-0.2, -0.15) is 0 Å². The molecule has 110 valence electrons. The van der Waals surface area contributed by atoms with Crippen LogP contribution in [0.1, 0.15) is 46.0 Å². The first-order chi connectivity index (χ1) is 9.15. The molecular formula is C14H26N2O3. The van der Waals surface area contributed by atoms with Crippen molar-refractivity contribution in [3.05, 3.63) is 0 Å². The number of nitrogens with zero attached hydrogens (tertiary/aromatic N) is 1. The predicted molar refractivity (Wildman–Crippen MR) is 73.7 cm³/mol. The number of hydrogen-bond acceptors (Lipinski definition) is 3. The van der Waals surface area contributed by atoms with Crippen molar-refractivity contribution >= 4 is 11.8 Å². The number of nitrogens with one attached hydrogen (secondary N) is 1. The van der Waals surface area contributed by atoms with Crippen molar-refractivity contribution in [2.75, 3.05) is 20.3 Å². The zero-order valence-electron chi connectivity index (χ0n) is 12.3. The number of methoxy groups -OCH3 is 1. The Morgan fingerprint density at radius 3 is 2.47 bits per heavy atom. The Hall–Kier alpha value is -1.10. The maximum atomic E-state index is 12.3. The van der Waals surface area contributed by atoms with Crippen molar-refractivity contribution in [1.29, 1.82) is 0 Å². The highest BCUT2D eigenvalue weighted by atomic mass is 16.5. The smallest absolute Gasteiger partial charge is 0.245 e. The van der Waals surface area contributed by atoms with E-state index in [4.69, 9.17) is 4.74 Å². The van der Waals surface area contributed by atoms with E-state index in [-0.39, 0.29) is 23.9 Å². The van der Waals surface area contributed by atoms with E-state index in [0.717, 1.165) is 25.9 Å². The van der Waals surface area contributed by atoms with Crippen LogP contribution in [0.3, 0.4) is 0 Å². The number of carbonyl (C=O) groups is 2. The Bertz CT molecular complexity index is 307. The summed E-state index contributed by atoms with van der Waals surface area (Å²) >= 11 is 0. The summed E-state index contributed by atoms with van der Waals surface area (Å²) < 4.78 is 5.00. The number of hydrogen-bond donors (Lipinski definition) is 1. The molecule has 2 atom stereocenters. The highest BCUT2D eigenvalue weighted by Crippen LogP contribution is 2.16. The second-order valence-corrected chi connectivity index (χ2v) is 4.98. The van der Waals surface area contributed by atoms with E-state index in [1.165, 1.54) is 0 Å². The van der Waals surface area contributed by atoms with Crippen molar-refractivity contribution < 1.29 is 14.3 Å². The molecule has 1 aliphatic heterocycles. The molecular weight excluding hydrogens is 244 g/mol. The van der Waals surface area contributed by atoms with Crippen LogP contribution in [-0.4, -0.2) is 49.1 Å². The first-order valence-electron chi connectivity index (χ1n) is 7.25. The second kappa shape index (κ2) is 8.15. The first kappa shape index (κ1) is 16.0. The molecule has 0 saturated carbocycles. The Kier molecular flexibility index (Phi) is 6.84. The van der Waals surface area contributed by atoms with Gasteiger partial charge in [0.2, 0.25) is 11.8 Å². The molecule has 0 spiro atoms. The zero-order chi connectivity index (χ0) is 14.3. The molecule has 1 fully saturated rings. The Morgan fingerprint density at radius 1 is 1.16 bits per heavy atom. The molecule has 1 aliphatic rings. The highest BCUT2D eigenvalue weighted by molar-refractivity contribution is 5.96. The number of amides is 2. The van der Waals surface area contributed by atoms with Gasteiger partial charge in [-0.1, -0.05) is 13.8 Å². The minimum Gasteiger partial charge on any atom is -0.385 e. The number of carbonyl (C=O) groups excluding carboxylic acids is 2. The third-order valence-electron chi connectivity index (χ3n) is 3.62. The van der Waals surface area contributed by atoms with Crippen LogP contribution in [0.2, 0.25) is 0 Å². The molecule has 0 aliphatic carbocycles. The number of unbranched alkanes of at least 4 members (excludes halogenated alkanes) is 2. The van der Waals surface area contributed by atoms with E-state index in [1.54, 1.807) is 12.0 Å². The maximum Gasteiger partial charge on any atom is 0.245 e. The molecule has 0 radical (unpaired) electrons. The normalized spacial score (nSPS) is 23.6. The summed E-state index contributed by atoms with van der Waals surface area (Å²) in [6.45, 7) is 5.29. The van der Waals surface area contributed by atoms with E-state index >= 15 is 0 Å². The van der Waals surface area contributed by atoms with Gasteiger partial charge in [-0.3, -0.25) is 9.59 Å². The second-order valence-electron chi connectivity index (χ2n) is 4.98. The van der Waals surface area contributed by atoms with Crippen molar-refractivity contribution in [2.24, 2.45) is 0 Å². The Balaban J connectivity index is 2.53. The number of ether oxygens (including phenoxy) is 1. The molecule has 19 heavy (non-hydrogen) atoms. The number of rotatable bonds is 8. The van der Waals surface area contributed by atoms with Gasteiger partial charge in [0.15, 0.2) is 0 Å². The third kappa shape index (κ3) is 4.20. The van der Waals surface area contributed by atoms with Crippen molar-refractivity contribution in [3.63, 3.8) is 0 Å². The Labute approximate surface area is 115 Å². The van der Waals surface area contributed by atoms with Crippen LogP contribution < -0.4 is 5.32 Å². The SMILES string of the molecule is CCC1NC(=O)C(CC)N(CCCCCOC)C1=O. The molecule has 2 unspecified atom stereocenters. The predicted octanol–water partition coefficient (Wildman–Crippen LogP) is 1.32. The van der Waals surface area contributed by atoms with Crippen LogP contribution in [-0.2, 0) is 14.3 Å². The quantitative estimate of drug-likeness (QED) is 0.677. The van der Waals surface area contributed by atoms with E-state index in [2.05, 4.69) is 5.32 Å². The molecule has 0 aromatic rings. The van der Waals surface area contributed by atoms with E-state index in [1.807, 2.05) is 13.8 Å². The summed E-state index contributed by atoms with van der Waals surface area (Å²) in [6, 6.07) is -0.632. The molecule has 2 amide bonds. The van der Waals surface area contributed by atoms with E-state index < -0.39 is 0 Å². The molecule has 1 rings (SSSR count). The van der Waals surface area contributed by atoms with Gasteiger partial charge in [-0.05, 0) is 32.1 Å². The van der Waals surface area contributed by atoms with Crippen LogP contribution >= 0.6 is 0 Å². The molecule has 0 aromatic carbocycles. The fraction of sp³-hybridized carbons (Fsp3) is 0.857. The van der Waals surface area contributed by atoms with E-state index in [0.29, 0.717) is 19.4 Å². The summed E-state index contributed by atoms with van der Waals surface area (Å²) in [6.07, 6.45) is 4.27. The molecule has 1 N–H and O–H groups in total. The lowest BCUT2D eigenvalue weighted by Crippen LogP contribution is -2.63. The van der Waals surface area contributed by atoms with Crippen molar-refractivity contribution in [3.8, 4) is 0 Å². The lowest BCUT2D eigenvalue weighted by atomic mass is 10.0. The standard InChI is InChI=1S/C14H26N2O3/c1-4-11-14(18)16(9-7-6-8-10-19-3)12(5-2)13(17)15-11/h11-12H,4-10H2,1-3H3,(H,15,17). The van der Waals surface area contributed by atoms with Crippen molar-refractivity contribution in [2.45, 2.75) is 58.0 Å². The van der Waals surface area contributed by atoms with Crippen LogP contribution in [0.15, 0.2) is 0 Å². The third-order valence-corrected chi connectivity index (χ3v) is 3.62. The minimum absolute atomic E-state index is 0.00848. The van der Waals surface area contributed by atoms with Gasteiger partial charge in [0.05, 0.1) is 0 Å². The molecule has 0 bridgehead atoms. The van der Waals surface area contributed by atoms with E-state index in [9.17, 15) is 9.59 Å². The minimum atomic E-state index is -0.339. The van der Waals surface area contributed by atoms with Crippen molar-refractivity contribution in [1.82, 2.24) is 10.2 Å². The Morgan fingerprint density at radius 2 is 1.89 bits per heavy atom. The lowest BCUT2D eigenvalue weighted by molar-refractivity contribution is -0.149. The molecule has 5 nitrogen and oxygen atoms in total. The molecule has 5 heteroatoms. The van der Waals surface area contributed by atoms with Crippen LogP contribution in [0.25, 0.3) is 0 Å². The summed E-state index contributed by atoms with van der Waals surface area (Å²) in [5.74, 6) is 0.0616. The van der Waals surface area contributed by atoms with Gasteiger partial charge in [0.1, 0.15) is 12.1 Å².